The lowest BCUT2D eigenvalue weighted by atomic mass is 10.2. The van der Waals surface area contributed by atoms with Gasteiger partial charge >= 0.3 is 0 Å². The van der Waals surface area contributed by atoms with Gasteiger partial charge in [0.25, 0.3) is 0 Å². The first kappa shape index (κ1) is 18.8. The Morgan fingerprint density at radius 3 is 2.60 bits per heavy atom. The van der Waals surface area contributed by atoms with Gasteiger partial charge < -0.3 is 15.4 Å². The van der Waals surface area contributed by atoms with E-state index in [0.29, 0.717) is 19.0 Å². The molecule has 136 valence electrons. The van der Waals surface area contributed by atoms with E-state index in [0.717, 1.165) is 36.2 Å². The second-order valence-electron chi connectivity index (χ2n) is 6.20. The number of ether oxygens (including phenoxy) is 1. The Bertz CT molecular complexity index is 662. The minimum absolute atomic E-state index is 0.520. The lowest BCUT2D eigenvalue weighted by Gasteiger charge is -2.11. The molecule has 0 atom stereocenters. The van der Waals surface area contributed by atoms with Gasteiger partial charge in [-0.1, -0.05) is 26.0 Å². The predicted molar refractivity (Wildman–Crippen MR) is 99.4 cm³/mol. The van der Waals surface area contributed by atoms with Gasteiger partial charge in [0.15, 0.2) is 5.96 Å². The normalized spacial score (nSPS) is 11.6. The van der Waals surface area contributed by atoms with E-state index < -0.39 is 0 Å². The summed E-state index contributed by atoms with van der Waals surface area (Å²) in [5, 5.41) is 10.6. The summed E-state index contributed by atoms with van der Waals surface area (Å²) in [5.74, 6) is 3.03. The highest BCUT2D eigenvalue weighted by molar-refractivity contribution is 5.79. The molecule has 0 bridgehead atoms. The third-order valence-corrected chi connectivity index (χ3v) is 3.49. The quantitative estimate of drug-likeness (QED) is 0.566. The van der Waals surface area contributed by atoms with Crippen molar-refractivity contribution in [3.05, 3.63) is 42.0 Å². The summed E-state index contributed by atoms with van der Waals surface area (Å²) in [6.45, 7) is 9.02. The summed E-state index contributed by atoms with van der Waals surface area (Å²) < 4.78 is 7.44. The third kappa shape index (κ3) is 6.45. The van der Waals surface area contributed by atoms with Gasteiger partial charge in [0.1, 0.15) is 17.9 Å². The van der Waals surface area contributed by atoms with Gasteiger partial charge in [0.05, 0.1) is 19.7 Å². The molecule has 0 saturated heterocycles. The van der Waals surface area contributed by atoms with Crippen molar-refractivity contribution in [2.45, 2.75) is 33.9 Å². The molecule has 7 nitrogen and oxygen atoms in total. The zero-order chi connectivity index (χ0) is 18.1. The first-order valence-corrected chi connectivity index (χ1v) is 8.65. The van der Waals surface area contributed by atoms with Crippen LogP contribution < -0.4 is 15.4 Å². The number of hydrogen-bond donors (Lipinski definition) is 2. The fraction of sp³-hybridized carbons (Fsp3) is 0.500. The van der Waals surface area contributed by atoms with Crippen molar-refractivity contribution >= 4 is 5.96 Å². The molecule has 2 N–H and O–H groups in total. The van der Waals surface area contributed by atoms with Crippen molar-refractivity contribution in [2.24, 2.45) is 18.0 Å². The lowest BCUT2D eigenvalue weighted by Crippen LogP contribution is -2.37. The summed E-state index contributed by atoms with van der Waals surface area (Å²) >= 11 is 0. The van der Waals surface area contributed by atoms with Crippen LogP contribution in [0.25, 0.3) is 0 Å². The van der Waals surface area contributed by atoms with Gasteiger partial charge in [-0.2, -0.15) is 5.10 Å². The highest BCUT2D eigenvalue weighted by Crippen LogP contribution is 2.13. The molecule has 7 heteroatoms. The highest BCUT2D eigenvalue weighted by Gasteiger charge is 2.03. The molecule has 25 heavy (non-hydrogen) atoms. The minimum Gasteiger partial charge on any atom is -0.493 e. The predicted octanol–water partition coefficient (Wildman–Crippen LogP) is 2.11. The van der Waals surface area contributed by atoms with Crippen LogP contribution >= 0.6 is 0 Å². The molecule has 1 aromatic heterocycles. The van der Waals surface area contributed by atoms with E-state index in [1.54, 1.807) is 11.0 Å². The average Bonchev–Trinajstić information content (AvgIpc) is 3.01. The van der Waals surface area contributed by atoms with Crippen LogP contribution in [0.5, 0.6) is 5.75 Å². The van der Waals surface area contributed by atoms with Crippen molar-refractivity contribution in [3.8, 4) is 5.75 Å². The Hall–Kier alpha value is -2.57. The van der Waals surface area contributed by atoms with E-state index in [9.17, 15) is 0 Å². The monoisotopic (exact) mass is 344 g/mol. The van der Waals surface area contributed by atoms with Crippen molar-refractivity contribution in [2.75, 3.05) is 13.2 Å². The fourth-order valence-corrected chi connectivity index (χ4v) is 2.11. The largest absolute Gasteiger partial charge is 0.493 e. The van der Waals surface area contributed by atoms with Gasteiger partial charge in [0, 0.05) is 13.6 Å². The summed E-state index contributed by atoms with van der Waals surface area (Å²) in [5.41, 5.74) is 1.13. The van der Waals surface area contributed by atoms with Gasteiger partial charge in [0.2, 0.25) is 0 Å². The Morgan fingerprint density at radius 1 is 1.24 bits per heavy atom. The molecule has 2 rings (SSSR count). The van der Waals surface area contributed by atoms with Crippen LogP contribution in [0, 0.1) is 5.92 Å². The number of guanidine groups is 1. The summed E-state index contributed by atoms with van der Waals surface area (Å²) in [4.78, 5) is 8.81. The van der Waals surface area contributed by atoms with Crippen LogP contribution in [0.4, 0.5) is 0 Å². The Kier molecular flexibility index (Phi) is 7.25. The number of rotatable bonds is 8. The molecule has 0 radical (unpaired) electrons. The molecule has 0 fully saturated rings. The Labute approximate surface area is 149 Å². The van der Waals surface area contributed by atoms with E-state index in [1.165, 1.54) is 0 Å². The molecule has 0 aliphatic heterocycles. The van der Waals surface area contributed by atoms with Gasteiger partial charge in [-0.15, -0.1) is 0 Å². The van der Waals surface area contributed by atoms with Crippen LogP contribution in [0.1, 0.15) is 32.2 Å². The van der Waals surface area contributed by atoms with E-state index in [-0.39, 0.29) is 0 Å². The topological polar surface area (TPSA) is 76.4 Å². The summed E-state index contributed by atoms with van der Waals surface area (Å²) in [6, 6.07) is 8.08. The summed E-state index contributed by atoms with van der Waals surface area (Å²) in [7, 11) is 1.87. The maximum atomic E-state index is 5.70. The van der Waals surface area contributed by atoms with Crippen LogP contribution in [0.3, 0.4) is 0 Å². The fourth-order valence-electron chi connectivity index (χ4n) is 2.11. The first-order valence-electron chi connectivity index (χ1n) is 8.65. The molecule has 0 spiro atoms. The molecule has 0 aliphatic rings. The number of benzene rings is 1. The number of nitrogens with zero attached hydrogens (tertiary/aromatic N) is 4. The van der Waals surface area contributed by atoms with Gasteiger partial charge in [-0.3, -0.25) is 4.68 Å². The number of aromatic nitrogens is 3. The van der Waals surface area contributed by atoms with Gasteiger partial charge in [-0.05, 0) is 30.5 Å². The number of aryl methyl sites for hydroxylation is 1. The smallest absolute Gasteiger partial charge is 0.191 e. The average molecular weight is 344 g/mol. The van der Waals surface area contributed by atoms with E-state index in [4.69, 9.17) is 4.74 Å². The number of aliphatic imine (C=N–C) groups is 1. The molecule has 0 aliphatic carbocycles. The highest BCUT2D eigenvalue weighted by atomic mass is 16.5. The van der Waals surface area contributed by atoms with Crippen LogP contribution in [0.15, 0.2) is 35.6 Å². The maximum absolute atomic E-state index is 5.70. The zero-order valence-corrected chi connectivity index (χ0v) is 15.5. The maximum Gasteiger partial charge on any atom is 0.191 e. The first-order chi connectivity index (χ1) is 12.1. The second kappa shape index (κ2) is 9.66. The van der Waals surface area contributed by atoms with E-state index in [1.807, 2.05) is 38.2 Å². The number of nitrogens with one attached hydrogen (secondary N) is 2. The summed E-state index contributed by atoms with van der Waals surface area (Å²) in [6.07, 6.45) is 1.55. The van der Waals surface area contributed by atoms with Crippen molar-refractivity contribution in [1.29, 1.82) is 0 Å². The van der Waals surface area contributed by atoms with Crippen molar-refractivity contribution in [1.82, 2.24) is 25.4 Å². The van der Waals surface area contributed by atoms with Crippen LogP contribution in [-0.4, -0.2) is 33.9 Å². The van der Waals surface area contributed by atoms with Crippen molar-refractivity contribution in [3.63, 3.8) is 0 Å². The third-order valence-electron chi connectivity index (χ3n) is 3.49. The van der Waals surface area contributed by atoms with Gasteiger partial charge in [-0.25, -0.2) is 9.98 Å². The van der Waals surface area contributed by atoms with Crippen LogP contribution in [0.2, 0.25) is 0 Å². The molecule has 0 amide bonds. The van der Waals surface area contributed by atoms with Crippen LogP contribution in [-0.2, 0) is 20.1 Å². The SMILES string of the molecule is CCNC(=NCc1ccc(OCC(C)C)cc1)NCc1ncnn1C. The number of hydrogen-bond acceptors (Lipinski definition) is 4. The molecule has 0 saturated carbocycles. The molecule has 1 aromatic carbocycles. The second-order valence-corrected chi connectivity index (χ2v) is 6.20. The molecule has 0 unspecified atom stereocenters. The Balaban J connectivity index is 1.90. The molecular formula is C18H28N6O. The molecular weight excluding hydrogens is 316 g/mol. The van der Waals surface area contributed by atoms with E-state index in [2.05, 4.69) is 39.6 Å². The van der Waals surface area contributed by atoms with Crippen molar-refractivity contribution < 1.29 is 4.74 Å². The standard InChI is InChI=1S/C18H28N6O/c1-5-19-18(21-11-17-22-13-23-24(17)4)20-10-15-6-8-16(9-7-15)25-12-14(2)3/h6-9,13-14H,5,10-12H2,1-4H3,(H2,19,20,21). The Morgan fingerprint density at radius 2 is 2.00 bits per heavy atom. The minimum atomic E-state index is 0.520. The molecule has 1 heterocycles. The zero-order valence-electron chi connectivity index (χ0n) is 15.5. The molecule has 2 aromatic rings. The van der Waals surface area contributed by atoms with E-state index >= 15 is 0 Å². The lowest BCUT2D eigenvalue weighted by molar-refractivity contribution is 0.271.